The molecule has 2 amide bonds. The standard InChI is InChI=1S/C36H39N3O4S/c1-25-6-2-3-7-29(25)23-39-30-8-4-5-9-33(30)44-34(36(39)41)21-26-10-13-28(14-11-26)35(40)38-18-16-37(17-19-38)22-27-12-15-31-32(20-27)43-24-42-31/h2-3,6-7,10-15,20-21,30,33H,4-5,8-9,16-19,22-24H2,1H3/b34-21+. The molecule has 3 aromatic carbocycles. The molecule has 1 aliphatic carbocycles. The van der Waals surface area contributed by atoms with Crippen LogP contribution >= 0.6 is 11.8 Å². The van der Waals surface area contributed by atoms with Crippen LogP contribution in [0.3, 0.4) is 0 Å². The largest absolute Gasteiger partial charge is 0.454 e. The second-order valence-electron chi connectivity index (χ2n) is 12.3. The summed E-state index contributed by atoms with van der Waals surface area (Å²) in [5, 5.41) is 0.432. The van der Waals surface area contributed by atoms with E-state index in [9.17, 15) is 9.59 Å². The number of thioether (sulfide) groups is 1. The summed E-state index contributed by atoms with van der Waals surface area (Å²) in [5.41, 5.74) is 5.27. The number of amides is 2. The molecule has 0 bridgehead atoms. The first-order valence-electron chi connectivity index (χ1n) is 15.8. The monoisotopic (exact) mass is 609 g/mol. The Kier molecular flexibility index (Phi) is 8.37. The first kappa shape index (κ1) is 29.0. The van der Waals surface area contributed by atoms with E-state index in [0.717, 1.165) is 54.4 Å². The van der Waals surface area contributed by atoms with Crippen molar-refractivity contribution in [3.63, 3.8) is 0 Å². The fraction of sp³-hybridized carbons (Fsp3) is 0.389. The molecule has 44 heavy (non-hydrogen) atoms. The Hall–Kier alpha value is -3.75. The third-order valence-corrected chi connectivity index (χ3v) is 10.8. The molecular weight excluding hydrogens is 570 g/mol. The third kappa shape index (κ3) is 6.10. The Morgan fingerprint density at radius 3 is 2.50 bits per heavy atom. The van der Waals surface area contributed by atoms with Crippen LogP contribution in [0.1, 0.15) is 58.3 Å². The van der Waals surface area contributed by atoms with Crippen LogP contribution in [0, 0.1) is 6.92 Å². The van der Waals surface area contributed by atoms with E-state index in [1.165, 1.54) is 29.5 Å². The van der Waals surface area contributed by atoms with Crippen molar-refractivity contribution in [2.75, 3.05) is 33.0 Å². The van der Waals surface area contributed by atoms with Gasteiger partial charge in [-0.1, -0.05) is 55.3 Å². The first-order valence-corrected chi connectivity index (χ1v) is 16.6. The number of fused-ring (bicyclic) bond motifs is 2. The van der Waals surface area contributed by atoms with Crippen molar-refractivity contribution in [2.24, 2.45) is 0 Å². The van der Waals surface area contributed by atoms with Crippen molar-refractivity contribution in [3.8, 4) is 11.5 Å². The molecule has 3 aliphatic heterocycles. The van der Waals surface area contributed by atoms with Crippen LogP contribution in [-0.2, 0) is 17.9 Å². The molecule has 228 valence electrons. The van der Waals surface area contributed by atoms with E-state index in [1.54, 1.807) is 11.8 Å². The van der Waals surface area contributed by atoms with Crippen LogP contribution in [0.15, 0.2) is 71.6 Å². The molecule has 7 nitrogen and oxygen atoms in total. The van der Waals surface area contributed by atoms with Gasteiger partial charge in [0.15, 0.2) is 11.5 Å². The summed E-state index contributed by atoms with van der Waals surface area (Å²) in [7, 11) is 0. The Balaban J connectivity index is 0.990. The summed E-state index contributed by atoms with van der Waals surface area (Å²) in [6.45, 7) is 6.92. The van der Waals surface area contributed by atoms with Gasteiger partial charge < -0.3 is 19.3 Å². The Labute approximate surface area is 263 Å². The van der Waals surface area contributed by atoms with E-state index < -0.39 is 0 Å². The highest BCUT2D eigenvalue weighted by molar-refractivity contribution is 8.04. The predicted octanol–water partition coefficient (Wildman–Crippen LogP) is 6.11. The molecule has 0 aromatic heterocycles. The number of carbonyl (C=O) groups excluding carboxylic acids is 2. The van der Waals surface area contributed by atoms with E-state index in [2.05, 4.69) is 47.1 Å². The average Bonchev–Trinajstić information content (AvgIpc) is 3.52. The Morgan fingerprint density at radius 2 is 1.68 bits per heavy atom. The fourth-order valence-corrected chi connectivity index (χ4v) is 8.27. The zero-order valence-corrected chi connectivity index (χ0v) is 26.1. The number of hydrogen-bond acceptors (Lipinski definition) is 6. The molecule has 8 heteroatoms. The summed E-state index contributed by atoms with van der Waals surface area (Å²) in [5.74, 6) is 1.79. The lowest BCUT2D eigenvalue weighted by atomic mass is 9.92. The minimum absolute atomic E-state index is 0.0597. The van der Waals surface area contributed by atoms with E-state index >= 15 is 0 Å². The van der Waals surface area contributed by atoms with E-state index in [0.29, 0.717) is 30.4 Å². The van der Waals surface area contributed by atoms with Gasteiger partial charge in [-0.15, -0.1) is 11.8 Å². The lowest BCUT2D eigenvalue weighted by Gasteiger charge is -2.44. The van der Waals surface area contributed by atoms with Crippen molar-refractivity contribution in [1.29, 1.82) is 0 Å². The van der Waals surface area contributed by atoms with Crippen LogP contribution in [0.2, 0.25) is 0 Å². The van der Waals surface area contributed by atoms with E-state index in [-0.39, 0.29) is 24.6 Å². The van der Waals surface area contributed by atoms with Gasteiger partial charge in [-0.25, -0.2) is 0 Å². The van der Waals surface area contributed by atoms with Crippen LogP contribution in [0.5, 0.6) is 11.5 Å². The number of benzene rings is 3. The highest BCUT2D eigenvalue weighted by atomic mass is 32.2. The molecule has 3 fully saturated rings. The highest BCUT2D eigenvalue weighted by Gasteiger charge is 2.40. The molecule has 3 aromatic rings. The number of hydrogen-bond donors (Lipinski definition) is 0. The second kappa shape index (κ2) is 12.7. The molecule has 2 atom stereocenters. The van der Waals surface area contributed by atoms with Gasteiger partial charge in [-0.3, -0.25) is 14.5 Å². The van der Waals surface area contributed by atoms with Gasteiger partial charge in [0.05, 0.1) is 4.91 Å². The zero-order valence-electron chi connectivity index (χ0n) is 25.2. The van der Waals surface area contributed by atoms with Gasteiger partial charge in [0.1, 0.15) is 0 Å². The summed E-state index contributed by atoms with van der Waals surface area (Å²) in [6.07, 6.45) is 6.64. The number of aryl methyl sites for hydroxylation is 1. The van der Waals surface area contributed by atoms with Crippen LogP contribution in [0.25, 0.3) is 6.08 Å². The van der Waals surface area contributed by atoms with Crippen molar-refractivity contribution in [1.82, 2.24) is 14.7 Å². The van der Waals surface area contributed by atoms with Gasteiger partial charge in [-0.05, 0) is 72.4 Å². The second-order valence-corrected chi connectivity index (χ2v) is 13.5. The van der Waals surface area contributed by atoms with E-state index in [1.807, 2.05) is 47.4 Å². The van der Waals surface area contributed by atoms with E-state index in [4.69, 9.17) is 9.47 Å². The van der Waals surface area contributed by atoms with Gasteiger partial charge in [0.2, 0.25) is 6.79 Å². The minimum Gasteiger partial charge on any atom is -0.454 e. The maximum absolute atomic E-state index is 13.8. The maximum atomic E-state index is 13.8. The van der Waals surface area contributed by atoms with Gasteiger partial charge in [-0.2, -0.15) is 0 Å². The maximum Gasteiger partial charge on any atom is 0.260 e. The number of nitrogens with zero attached hydrogens (tertiary/aromatic N) is 3. The lowest BCUT2D eigenvalue weighted by molar-refractivity contribution is -0.130. The molecule has 0 spiro atoms. The predicted molar refractivity (Wildman–Crippen MR) is 174 cm³/mol. The molecule has 0 N–H and O–H groups in total. The number of rotatable bonds is 6. The molecule has 0 radical (unpaired) electrons. The topological polar surface area (TPSA) is 62.3 Å². The normalized spacial score (nSPS) is 22.8. The highest BCUT2D eigenvalue weighted by Crippen LogP contribution is 2.43. The quantitative estimate of drug-likeness (QED) is 0.315. The molecule has 1 saturated carbocycles. The first-order chi connectivity index (χ1) is 21.5. The van der Waals surface area contributed by atoms with Gasteiger partial charge in [0.25, 0.3) is 11.8 Å². The number of carbonyl (C=O) groups is 2. The average molecular weight is 610 g/mol. The van der Waals surface area contributed by atoms with Crippen LogP contribution in [-0.4, -0.2) is 70.8 Å². The van der Waals surface area contributed by atoms with Crippen LogP contribution < -0.4 is 9.47 Å². The minimum atomic E-state index is 0.0597. The van der Waals surface area contributed by atoms with Crippen molar-refractivity contribution in [2.45, 2.75) is 57.0 Å². The summed E-state index contributed by atoms with van der Waals surface area (Å²) in [4.78, 5) is 34.4. The molecule has 2 saturated heterocycles. The Bertz CT molecular complexity index is 1560. The van der Waals surface area contributed by atoms with Crippen molar-refractivity contribution < 1.29 is 19.1 Å². The van der Waals surface area contributed by atoms with Crippen molar-refractivity contribution in [3.05, 3.63) is 99.5 Å². The molecule has 4 aliphatic rings. The number of piperazine rings is 1. The third-order valence-electron chi connectivity index (χ3n) is 9.38. The number of ether oxygens (including phenoxy) is 2. The zero-order chi connectivity index (χ0) is 30.0. The van der Waals surface area contributed by atoms with Crippen molar-refractivity contribution >= 4 is 29.7 Å². The summed E-state index contributed by atoms with van der Waals surface area (Å²) in [6, 6.07) is 22.5. The van der Waals surface area contributed by atoms with Crippen LogP contribution in [0.4, 0.5) is 0 Å². The van der Waals surface area contributed by atoms with Gasteiger partial charge >= 0.3 is 0 Å². The summed E-state index contributed by atoms with van der Waals surface area (Å²) < 4.78 is 10.9. The molecule has 7 rings (SSSR count). The fourth-order valence-electron chi connectivity index (χ4n) is 6.80. The van der Waals surface area contributed by atoms with Gasteiger partial charge in [0, 0.05) is 56.1 Å². The summed E-state index contributed by atoms with van der Waals surface area (Å²) >= 11 is 1.75. The SMILES string of the molecule is Cc1ccccc1CN1C(=O)/C(=C\c2ccc(C(=O)N3CCN(Cc4ccc5c(c4)OCO5)CC3)cc2)SC2CCCCC21. The lowest BCUT2D eigenvalue weighted by Crippen LogP contribution is -2.50. The molecule has 3 heterocycles. The molecular formula is C36H39N3O4S. The molecule has 2 unspecified atom stereocenters. The smallest absolute Gasteiger partial charge is 0.260 e. The Morgan fingerprint density at radius 1 is 0.909 bits per heavy atom.